The van der Waals surface area contributed by atoms with Crippen molar-refractivity contribution in [2.24, 2.45) is 0 Å². The molecule has 1 aromatic heterocycles. The van der Waals surface area contributed by atoms with Crippen LogP contribution < -0.4 is 5.73 Å². The zero-order valence-electron chi connectivity index (χ0n) is 7.73. The van der Waals surface area contributed by atoms with Crippen LogP contribution in [0.1, 0.15) is 5.56 Å². The Bertz CT molecular complexity index is 429. The maximum absolute atomic E-state index is 5.61. The number of rotatable bonds is 0. The van der Waals surface area contributed by atoms with Crippen molar-refractivity contribution in [2.75, 3.05) is 5.73 Å². The Labute approximate surface area is 95.3 Å². The van der Waals surface area contributed by atoms with Crippen LogP contribution in [-0.2, 0) is 0 Å². The highest BCUT2D eigenvalue weighted by molar-refractivity contribution is 5.85. The molecular formula is C10H12Cl2N2. The van der Waals surface area contributed by atoms with E-state index in [4.69, 9.17) is 5.73 Å². The molecule has 0 saturated heterocycles. The van der Waals surface area contributed by atoms with E-state index >= 15 is 0 Å². The molecule has 0 bridgehead atoms. The molecule has 2 rings (SSSR count). The summed E-state index contributed by atoms with van der Waals surface area (Å²) in [6.45, 7) is 2.05. The number of nitrogens with two attached hydrogens (primary N) is 1. The summed E-state index contributed by atoms with van der Waals surface area (Å²) in [6, 6.07) is 8.02. The Morgan fingerprint density at radius 2 is 1.93 bits per heavy atom. The topological polar surface area (TPSA) is 38.9 Å². The van der Waals surface area contributed by atoms with E-state index in [1.807, 2.05) is 31.2 Å². The molecule has 14 heavy (non-hydrogen) atoms. The van der Waals surface area contributed by atoms with Crippen LogP contribution >= 0.6 is 24.8 Å². The van der Waals surface area contributed by atoms with Crippen molar-refractivity contribution in [2.45, 2.75) is 6.92 Å². The van der Waals surface area contributed by atoms with Gasteiger partial charge in [0.2, 0.25) is 0 Å². The fourth-order valence-electron chi connectivity index (χ4n) is 1.33. The van der Waals surface area contributed by atoms with Gasteiger partial charge in [-0.2, -0.15) is 0 Å². The molecule has 2 nitrogen and oxygen atoms in total. The minimum Gasteiger partial charge on any atom is -0.397 e. The first-order valence-corrected chi connectivity index (χ1v) is 3.88. The van der Waals surface area contributed by atoms with E-state index < -0.39 is 0 Å². The fourth-order valence-corrected chi connectivity index (χ4v) is 1.33. The first-order valence-electron chi connectivity index (χ1n) is 3.88. The van der Waals surface area contributed by atoms with Gasteiger partial charge in [-0.05, 0) is 18.6 Å². The summed E-state index contributed by atoms with van der Waals surface area (Å²) in [4.78, 5) is 4.26. The summed E-state index contributed by atoms with van der Waals surface area (Å²) in [5.41, 5.74) is 8.55. The highest BCUT2D eigenvalue weighted by atomic mass is 35.5. The fraction of sp³-hybridized carbons (Fsp3) is 0.100. The summed E-state index contributed by atoms with van der Waals surface area (Å²) < 4.78 is 0. The van der Waals surface area contributed by atoms with Crippen molar-refractivity contribution in [3.8, 4) is 0 Å². The molecule has 0 aliphatic heterocycles. The van der Waals surface area contributed by atoms with Crippen LogP contribution in [0, 0.1) is 6.92 Å². The normalized spacial score (nSPS) is 8.93. The molecule has 2 N–H and O–H groups in total. The van der Waals surface area contributed by atoms with Crippen LogP contribution in [0.3, 0.4) is 0 Å². The van der Waals surface area contributed by atoms with E-state index in [9.17, 15) is 0 Å². The molecule has 0 aliphatic carbocycles. The number of nitrogens with zero attached hydrogens (tertiary/aromatic N) is 1. The predicted molar refractivity (Wildman–Crippen MR) is 65.4 cm³/mol. The number of para-hydroxylation sites is 1. The van der Waals surface area contributed by atoms with Gasteiger partial charge in [0.1, 0.15) is 0 Å². The first kappa shape index (κ1) is 13.0. The van der Waals surface area contributed by atoms with E-state index in [1.165, 1.54) is 5.56 Å². The van der Waals surface area contributed by atoms with E-state index in [0.717, 1.165) is 10.9 Å². The van der Waals surface area contributed by atoms with Gasteiger partial charge in [0.15, 0.2) is 0 Å². The Kier molecular flexibility index (Phi) is 4.68. The SMILES string of the molecule is Cc1cccc2cc(N)cnc12.Cl.Cl. The Balaban J connectivity index is 0.000000845. The van der Waals surface area contributed by atoms with Crippen molar-refractivity contribution in [1.29, 1.82) is 0 Å². The molecule has 76 valence electrons. The zero-order chi connectivity index (χ0) is 8.55. The lowest BCUT2D eigenvalue weighted by Gasteiger charge is -2.00. The molecule has 0 saturated carbocycles. The maximum atomic E-state index is 5.61. The number of benzene rings is 1. The molecule has 0 atom stereocenters. The summed E-state index contributed by atoms with van der Waals surface area (Å²) >= 11 is 0. The number of aryl methyl sites for hydroxylation is 1. The molecule has 0 aliphatic rings. The molecule has 0 unspecified atom stereocenters. The maximum Gasteiger partial charge on any atom is 0.0732 e. The van der Waals surface area contributed by atoms with Gasteiger partial charge < -0.3 is 5.73 Å². The van der Waals surface area contributed by atoms with Gasteiger partial charge >= 0.3 is 0 Å². The number of nitrogen functional groups attached to an aromatic ring is 1. The molecule has 0 amide bonds. The standard InChI is InChI=1S/C10H10N2.2ClH/c1-7-3-2-4-8-5-9(11)6-12-10(7)8;;/h2-6H,11H2,1H3;2*1H. The average Bonchev–Trinajstić information content (AvgIpc) is 2.04. The molecular weight excluding hydrogens is 219 g/mol. The zero-order valence-corrected chi connectivity index (χ0v) is 9.36. The van der Waals surface area contributed by atoms with Crippen LogP contribution in [0.25, 0.3) is 10.9 Å². The molecule has 2 aromatic rings. The second kappa shape index (κ2) is 5.03. The van der Waals surface area contributed by atoms with Gasteiger partial charge in [-0.25, -0.2) is 0 Å². The second-order valence-electron chi connectivity index (χ2n) is 2.92. The highest BCUT2D eigenvalue weighted by Crippen LogP contribution is 2.17. The molecule has 0 radical (unpaired) electrons. The van der Waals surface area contributed by atoms with Crippen LogP contribution in [0.15, 0.2) is 30.5 Å². The lowest BCUT2D eigenvalue weighted by molar-refractivity contribution is 1.37. The van der Waals surface area contributed by atoms with Crippen molar-refractivity contribution in [1.82, 2.24) is 4.98 Å². The van der Waals surface area contributed by atoms with Crippen molar-refractivity contribution in [3.63, 3.8) is 0 Å². The summed E-state index contributed by atoms with van der Waals surface area (Å²) in [5.74, 6) is 0. The minimum atomic E-state index is 0. The number of anilines is 1. The van der Waals surface area contributed by atoms with Crippen LogP contribution in [-0.4, -0.2) is 4.98 Å². The van der Waals surface area contributed by atoms with Crippen molar-refractivity contribution >= 4 is 41.4 Å². The number of fused-ring (bicyclic) bond motifs is 1. The number of halogens is 2. The average molecular weight is 231 g/mol. The van der Waals surface area contributed by atoms with E-state index in [1.54, 1.807) is 6.20 Å². The van der Waals surface area contributed by atoms with Gasteiger partial charge in [0, 0.05) is 5.39 Å². The summed E-state index contributed by atoms with van der Waals surface area (Å²) in [7, 11) is 0. The van der Waals surface area contributed by atoms with Gasteiger partial charge in [0.25, 0.3) is 0 Å². The summed E-state index contributed by atoms with van der Waals surface area (Å²) in [5, 5.41) is 1.11. The second-order valence-corrected chi connectivity index (χ2v) is 2.92. The summed E-state index contributed by atoms with van der Waals surface area (Å²) in [6.07, 6.45) is 1.69. The Morgan fingerprint density at radius 3 is 2.64 bits per heavy atom. The third kappa shape index (κ3) is 2.28. The molecule has 0 spiro atoms. The monoisotopic (exact) mass is 230 g/mol. The highest BCUT2D eigenvalue weighted by Gasteiger charge is 1.96. The van der Waals surface area contributed by atoms with E-state index in [2.05, 4.69) is 4.98 Å². The quantitative estimate of drug-likeness (QED) is 0.756. The lowest BCUT2D eigenvalue weighted by atomic mass is 10.1. The van der Waals surface area contributed by atoms with Crippen molar-refractivity contribution in [3.05, 3.63) is 36.0 Å². The van der Waals surface area contributed by atoms with Crippen LogP contribution in [0.4, 0.5) is 5.69 Å². The van der Waals surface area contributed by atoms with E-state index in [0.29, 0.717) is 5.69 Å². The van der Waals surface area contributed by atoms with Gasteiger partial charge in [-0.1, -0.05) is 18.2 Å². The third-order valence-corrected chi connectivity index (χ3v) is 1.93. The van der Waals surface area contributed by atoms with Crippen LogP contribution in [0.2, 0.25) is 0 Å². The predicted octanol–water partition coefficient (Wildman–Crippen LogP) is 2.97. The van der Waals surface area contributed by atoms with Gasteiger partial charge in [-0.15, -0.1) is 24.8 Å². The van der Waals surface area contributed by atoms with Gasteiger partial charge in [-0.3, -0.25) is 4.98 Å². The molecule has 1 aromatic carbocycles. The minimum absolute atomic E-state index is 0. The number of hydrogen-bond acceptors (Lipinski definition) is 2. The molecule has 4 heteroatoms. The molecule has 1 heterocycles. The van der Waals surface area contributed by atoms with Gasteiger partial charge in [0.05, 0.1) is 17.4 Å². The van der Waals surface area contributed by atoms with Crippen LogP contribution in [0.5, 0.6) is 0 Å². The smallest absolute Gasteiger partial charge is 0.0732 e. The number of pyridine rings is 1. The lowest BCUT2D eigenvalue weighted by Crippen LogP contribution is -1.88. The number of aromatic nitrogens is 1. The first-order chi connectivity index (χ1) is 5.77. The molecule has 0 fully saturated rings. The Morgan fingerprint density at radius 1 is 1.21 bits per heavy atom. The third-order valence-electron chi connectivity index (χ3n) is 1.93. The Hall–Kier alpha value is -0.990. The largest absolute Gasteiger partial charge is 0.397 e. The van der Waals surface area contributed by atoms with E-state index in [-0.39, 0.29) is 24.8 Å². The van der Waals surface area contributed by atoms with Crippen molar-refractivity contribution < 1.29 is 0 Å². The number of hydrogen-bond donors (Lipinski definition) is 1.